The van der Waals surface area contributed by atoms with Crippen LogP contribution >= 0.6 is 0 Å². The van der Waals surface area contributed by atoms with Crippen molar-refractivity contribution >= 4 is 11.7 Å². The first-order valence-electron chi connectivity index (χ1n) is 5.78. The SMILES string of the molecule is COCCC(CO)Nc1ccc(C)cc1C(=O)O. The number of ether oxygens (including phenoxy) is 1. The van der Waals surface area contributed by atoms with Gasteiger partial charge >= 0.3 is 5.97 Å². The molecule has 18 heavy (non-hydrogen) atoms. The lowest BCUT2D eigenvalue weighted by atomic mass is 10.1. The third-order valence-corrected chi connectivity index (χ3v) is 2.66. The number of benzene rings is 1. The fourth-order valence-electron chi connectivity index (χ4n) is 1.65. The van der Waals surface area contributed by atoms with Crippen LogP contribution in [0.5, 0.6) is 0 Å². The predicted octanol–water partition coefficient (Wildman–Crippen LogP) is 1.50. The van der Waals surface area contributed by atoms with Gasteiger partial charge in [-0.2, -0.15) is 0 Å². The van der Waals surface area contributed by atoms with Crippen LogP contribution in [-0.2, 0) is 4.74 Å². The van der Waals surface area contributed by atoms with E-state index in [2.05, 4.69) is 5.32 Å². The lowest BCUT2D eigenvalue weighted by Gasteiger charge is -2.18. The number of rotatable bonds is 7. The Hall–Kier alpha value is -1.59. The minimum Gasteiger partial charge on any atom is -0.478 e. The van der Waals surface area contributed by atoms with Gasteiger partial charge in [0.1, 0.15) is 0 Å². The normalized spacial score (nSPS) is 12.2. The molecule has 1 unspecified atom stereocenters. The molecule has 1 aromatic carbocycles. The minimum absolute atomic E-state index is 0.0731. The van der Waals surface area contributed by atoms with E-state index in [4.69, 9.17) is 9.84 Å². The monoisotopic (exact) mass is 253 g/mol. The van der Waals surface area contributed by atoms with Gasteiger partial charge < -0.3 is 20.3 Å². The maximum Gasteiger partial charge on any atom is 0.337 e. The molecule has 0 fully saturated rings. The number of aliphatic hydroxyl groups excluding tert-OH is 1. The van der Waals surface area contributed by atoms with Crippen LogP contribution in [0.3, 0.4) is 0 Å². The second kappa shape index (κ2) is 6.98. The Morgan fingerprint density at radius 3 is 2.78 bits per heavy atom. The molecule has 5 nitrogen and oxygen atoms in total. The molecule has 0 aliphatic carbocycles. The Bertz CT molecular complexity index is 406. The van der Waals surface area contributed by atoms with Crippen molar-refractivity contribution in [3.63, 3.8) is 0 Å². The molecule has 0 radical (unpaired) electrons. The molecule has 0 aromatic heterocycles. The molecular weight excluding hydrogens is 234 g/mol. The lowest BCUT2D eigenvalue weighted by Crippen LogP contribution is -2.26. The van der Waals surface area contributed by atoms with Crippen molar-refractivity contribution in [3.8, 4) is 0 Å². The summed E-state index contributed by atoms with van der Waals surface area (Å²) in [5.74, 6) is -0.982. The van der Waals surface area contributed by atoms with Crippen molar-refractivity contribution in [2.24, 2.45) is 0 Å². The maximum atomic E-state index is 11.1. The summed E-state index contributed by atoms with van der Waals surface area (Å²) in [6.45, 7) is 2.27. The van der Waals surface area contributed by atoms with E-state index < -0.39 is 5.97 Å². The number of nitrogens with one attached hydrogen (secondary N) is 1. The van der Waals surface area contributed by atoms with E-state index in [9.17, 15) is 9.90 Å². The zero-order valence-electron chi connectivity index (χ0n) is 10.6. The minimum atomic E-state index is -0.982. The molecule has 0 heterocycles. The fourth-order valence-corrected chi connectivity index (χ4v) is 1.65. The second-order valence-corrected chi connectivity index (χ2v) is 4.16. The first kappa shape index (κ1) is 14.5. The van der Waals surface area contributed by atoms with E-state index in [-0.39, 0.29) is 18.2 Å². The molecule has 0 saturated carbocycles. The van der Waals surface area contributed by atoms with Gasteiger partial charge in [0.15, 0.2) is 0 Å². The zero-order valence-corrected chi connectivity index (χ0v) is 10.6. The number of methoxy groups -OCH3 is 1. The van der Waals surface area contributed by atoms with Gasteiger partial charge in [-0.15, -0.1) is 0 Å². The summed E-state index contributed by atoms with van der Waals surface area (Å²) in [5.41, 5.74) is 1.62. The zero-order chi connectivity index (χ0) is 13.5. The van der Waals surface area contributed by atoms with Crippen molar-refractivity contribution < 1.29 is 19.7 Å². The summed E-state index contributed by atoms with van der Waals surface area (Å²) in [4.78, 5) is 11.1. The number of hydrogen-bond donors (Lipinski definition) is 3. The molecule has 1 atom stereocenters. The van der Waals surface area contributed by atoms with E-state index in [1.54, 1.807) is 19.2 Å². The van der Waals surface area contributed by atoms with Crippen molar-refractivity contribution in [3.05, 3.63) is 29.3 Å². The molecule has 3 N–H and O–H groups in total. The van der Waals surface area contributed by atoms with Crippen LogP contribution in [0, 0.1) is 6.92 Å². The Labute approximate surface area is 106 Å². The summed E-state index contributed by atoms with van der Waals surface area (Å²) in [6, 6.07) is 4.94. The fraction of sp³-hybridized carbons (Fsp3) is 0.462. The first-order valence-corrected chi connectivity index (χ1v) is 5.78. The lowest BCUT2D eigenvalue weighted by molar-refractivity contribution is 0.0697. The van der Waals surface area contributed by atoms with Crippen LogP contribution in [0.25, 0.3) is 0 Å². The highest BCUT2D eigenvalue weighted by atomic mass is 16.5. The Morgan fingerprint density at radius 2 is 2.22 bits per heavy atom. The Balaban J connectivity index is 2.84. The first-order chi connectivity index (χ1) is 8.58. The standard InChI is InChI=1S/C13H19NO4/c1-9-3-4-12(11(7-9)13(16)17)14-10(8-15)5-6-18-2/h3-4,7,10,14-15H,5-6,8H2,1-2H3,(H,16,17). The van der Waals surface area contributed by atoms with Crippen LogP contribution in [-0.4, -0.2) is 42.5 Å². The van der Waals surface area contributed by atoms with Gasteiger partial charge in [-0.05, 0) is 25.5 Å². The number of aryl methyl sites for hydroxylation is 1. The topological polar surface area (TPSA) is 78.8 Å². The van der Waals surface area contributed by atoms with Gasteiger partial charge in [0, 0.05) is 19.4 Å². The van der Waals surface area contributed by atoms with E-state index in [0.29, 0.717) is 18.7 Å². The molecule has 100 valence electrons. The van der Waals surface area contributed by atoms with E-state index in [1.807, 2.05) is 13.0 Å². The number of anilines is 1. The van der Waals surface area contributed by atoms with E-state index >= 15 is 0 Å². The highest BCUT2D eigenvalue weighted by Crippen LogP contribution is 2.19. The molecule has 0 aliphatic rings. The van der Waals surface area contributed by atoms with Gasteiger partial charge in [-0.25, -0.2) is 4.79 Å². The van der Waals surface area contributed by atoms with Gasteiger partial charge in [0.25, 0.3) is 0 Å². The second-order valence-electron chi connectivity index (χ2n) is 4.16. The number of hydrogen-bond acceptors (Lipinski definition) is 4. The number of aliphatic hydroxyl groups is 1. The third-order valence-electron chi connectivity index (χ3n) is 2.66. The number of carbonyl (C=O) groups is 1. The smallest absolute Gasteiger partial charge is 0.337 e. The maximum absolute atomic E-state index is 11.1. The average Bonchev–Trinajstić information content (AvgIpc) is 2.35. The van der Waals surface area contributed by atoms with Crippen LogP contribution < -0.4 is 5.32 Å². The largest absolute Gasteiger partial charge is 0.478 e. The molecule has 0 aliphatic heterocycles. The summed E-state index contributed by atoms with van der Waals surface area (Å²) in [5, 5.41) is 21.4. The summed E-state index contributed by atoms with van der Waals surface area (Å²) < 4.78 is 4.94. The van der Waals surface area contributed by atoms with Crippen molar-refractivity contribution in [2.75, 3.05) is 25.6 Å². The predicted molar refractivity (Wildman–Crippen MR) is 69.1 cm³/mol. The van der Waals surface area contributed by atoms with Crippen LogP contribution in [0.1, 0.15) is 22.3 Å². The Kier molecular flexibility index (Phi) is 5.61. The third kappa shape index (κ3) is 4.01. The van der Waals surface area contributed by atoms with Crippen LogP contribution in [0.4, 0.5) is 5.69 Å². The summed E-state index contributed by atoms with van der Waals surface area (Å²) in [7, 11) is 1.59. The summed E-state index contributed by atoms with van der Waals surface area (Å²) >= 11 is 0. The van der Waals surface area contributed by atoms with Gasteiger partial charge in [0.2, 0.25) is 0 Å². The summed E-state index contributed by atoms with van der Waals surface area (Å²) in [6.07, 6.45) is 0.611. The van der Waals surface area contributed by atoms with Crippen LogP contribution in [0.15, 0.2) is 18.2 Å². The average molecular weight is 253 g/mol. The molecule has 0 bridgehead atoms. The molecule has 1 rings (SSSR count). The highest BCUT2D eigenvalue weighted by molar-refractivity contribution is 5.94. The molecule has 0 saturated heterocycles. The van der Waals surface area contributed by atoms with Crippen LogP contribution in [0.2, 0.25) is 0 Å². The highest BCUT2D eigenvalue weighted by Gasteiger charge is 2.14. The molecule has 1 aromatic rings. The number of carboxylic acid groups (broad SMARTS) is 1. The molecule has 5 heteroatoms. The quantitative estimate of drug-likeness (QED) is 0.686. The Morgan fingerprint density at radius 1 is 1.50 bits per heavy atom. The van der Waals surface area contributed by atoms with E-state index in [0.717, 1.165) is 5.56 Å². The van der Waals surface area contributed by atoms with E-state index in [1.165, 1.54) is 0 Å². The number of carboxylic acids is 1. The molecular formula is C13H19NO4. The molecule has 0 spiro atoms. The van der Waals surface area contributed by atoms with Gasteiger partial charge in [-0.3, -0.25) is 0 Å². The van der Waals surface area contributed by atoms with Gasteiger partial charge in [-0.1, -0.05) is 11.6 Å². The van der Waals surface area contributed by atoms with Crippen molar-refractivity contribution in [1.82, 2.24) is 0 Å². The molecule has 0 amide bonds. The van der Waals surface area contributed by atoms with Crippen molar-refractivity contribution in [2.45, 2.75) is 19.4 Å². The van der Waals surface area contributed by atoms with Gasteiger partial charge in [0.05, 0.1) is 18.2 Å². The van der Waals surface area contributed by atoms with Crippen molar-refractivity contribution in [1.29, 1.82) is 0 Å². The number of aromatic carboxylic acids is 1.